The Morgan fingerprint density at radius 1 is 1.00 bits per heavy atom. The fraction of sp³-hybridized carbons (Fsp3) is 0.333. The summed E-state index contributed by atoms with van der Waals surface area (Å²) < 4.78 is 31.3. The summed E-state index contributed by atoms with van der Waals surface area (Å²) in [5, 5.41) is 0.638. The van der Waals surface area contributed by atoms with E-state index in [-0.39, 0.29) is 29.6 Å². The quantitative estimate of drug-likeness (QED) is 0.367. The molecule has 10 heteroatoms. The van der Waals surface area contributed by atoms with E-state index in [1.165, 1.54) is 19.2 Å². The second kappa shape index (κ2) is 11.7. The Morgan fingerprint density at radius 3 is 2.26 bits per heavy atom. The molecule has 0 heterocycles. The molecular weight excluding hydrogens is 442 g/mol. The Labute approximate surface area is 187 Å². The third-order valence-corrected chi connectivity index (χ3v) is 6.09. The summed E-state index contributed by atoms with van der Waals surface area (Å²) in [5.41, 5.74) is 6.48. The molecule has 2 rings (SSSR count). The van der Waals surface area contributed by atoms with E-state index in [1.54, 1.807) is 30.3 Å². The molecule has 31 heavy (non-hydrogen) atoms. The molecule has 0 saturated heterocycles. The molecule has 0 saturated carbocycles. The van der Waals surface area contributed by atoms with Gasteiger partial charge in [0, 0.05) is 17.9 Å². The smallest absolute Gasteiger partial charge is 0.240 e. The van der Waals surface area contributed by atoms with Gasteiger partial charge in [0.15, 0.2) is 0 Å². The standard InChI is InChI=1S/C21H26ClN3O5S/c1-15-14-17(22)8-11-19(15)30-13-3-4-20(26)24-25-21(27)12-7-16-5-9-18(10-6-16)31(28,29)23-2/h5-6,8-11,14,23H,3-4,7,12-13H2,1-2H3,(H,24,26)(H,25,27). The highest BCUT2D eigenvalue weighted by Gasteiger charge is 2.11. The van der Waals surface area contributed by atoms with Crippen LogP contribution in [0.4, 0.5) is 0 Å². The van der Waals surface area contributed by atoms with Gasteiger partial charge in [0.1, 0.15) is 5.75 Å². The van der Waals surface area contributed by atoms with Crippen LogP contribution in [0.1, 0.15) is 30.4 Å². The largest absolute Gasteiger partial charge is 0.493 e. The minimum absolute atomic E-state index is 0.150. The zero-order valence-corrected chi connectivity index (χ0v) is 19.0. The zero-order chi connectivity index (χ0) is 22.9. The van der Waals surface area contributed by atoms with Crippen LogP contribution in [-0.4, -0.2) is 33.9 Å². The van der Waals surface area contributed by atoms with Gasteiger partial charge in [0.25, 0.3) is 0 Å². The first-order chi connectivity index (χ1) is 14.7. The minimum atomic E-state index is -3.48. The maximum atomic E-state index is 11.9. The van der Waals surface area contributed by atoms with Gasteiger partial charge >= 0.3 is 0 Å². The van der Waals surface area contributed by atoms with Gasteiger partial charge in [-0.2, -0.15) is 0 Å². The summed E-state index contributed by atoms with van der Waals surface area (Å²) in [6.07, 6.45) is 1.26. The Morgan fingerprint density at radius 2 is 1.65 bits per heavy atom. The molecule has 0 atom stereocenters. The van der Waals surface area contributed by atoms with Crippen molar-refractivity contribution in [2.24, 2.45) is 0 Å². The summed E-state index contributed by atoms with van der Waals surface area (Å²) in [5.74, 6) is 0.0643. The number of hydrogen-bond acceptors (Lipinski definition) is 5. The molecule has 3 N–H and O–H groups in total. The van der Waals surface area contributed by atoms with Crippen molar-refractivity contribution in [1.29, 1.82) is 0 Å². The van der Waals surface area contributed by atoms with E-state index in [2.05, 4.69) is 15.6 Å². The zero-order valence-electron chi connectivity index (χ0n) is 17.4. The molecule has 0 aliphatic carbocycles. The lowest BCUT2D eigenvalue weighted by Crippen LogP contribution is -2.41. The molecule has 0 aromatic heterocycles. The van der Waals surface area contributed by atoms with Crippen molar-refractivity contribution in [3.05, 3.63) is 58.6 Å². The number of benzene rings is 2. The summed E-state index contributed by atoms with van der Waals surface area (Å²) in [6.45, 7) is 2.26. The third-order valence-electron chi connectivity index (χ3n) is 4.43. The van der Waals surface area contributed by atoms with Gasteiger partial charge in [-0.05, 0) is 68.3 Å². The highest BCUT2D eigenvalue weighted by atomic mass is 35.5. The van der Waals surface area contributed by atoms with Crippen LogP contribution in [-0.2, 0) is 26.0 Å². The molecule has 0 aliphatic rings. The molecule has 168 valence electrons. The number of carbonyl (C=O) groups is 2. The number of sulfonamides is 1. The molecule has 0 radical (unpaired) electrons. The van der Waals surface area contributed by atoms with Crippen LogP contribution in [0.3, 0.4) is 0 Å². The van der Waals surface area contributed by atoms with Crippen LogP contribution in [0.25, 0.3) is 0 Å². The van der Waals surface area contributed by atoms with Crippen LogP contribution in [0.2, 0.25) is 5.02 Å². The summed E-state index contributed by atoms with van der Waals surface area (Å²) in [7, 11) is -2.14. The number of rotatable bonds is 10. The number of aryl methyl sites for hydroxylation is 2. The fourth-order valence-corrected chi connectivity index (χ4v) is 3.62. The number of hydrazine groups is 1. The van der Waals surface area contributed by atoms with Crippen LogP contribution in [0, 0.1) is 6.92 Å². The van der Waals surface area contributed by atoms with Crippen molar-refractivity contribution >= 4 is 33.4 Å². The van der Waals surface area contributed by atoms with E-state index < -0.39 is 10.0 Å². The average molecular weight is 468 g/mol. The SMILES string of the molecule is CNS(=O)(=O)c1ccc(CCC(=O)NNC(=O)CCCOc2ccc(Cl)cc2C)cc1. The first kappa shape index (κ1) is 24.6. The maximum Gasteiger partial charge on any atom is 0.240 e. The number of carbonyl (C=O) groups excluding carboxylic acids is 2. The van der Waals surface area contributed by atoms with Crippen LogP contribution in [0.5, 0.6) is 5.75 Å². The normalized spacial score (nSPS) is 11.1. The predicted octanol–water partition coefficient (Wildman–Crippen LogP) is 2.50. The molecule has 2 aromatic rings. The maximum absolute atomic E-state index is 11.9. The van der Waals surface area contributed by atoms with Gasteiger partial charge in [-0.15, -0.1) is 0 Å². The lowest BCUT2D eigenvalue weighted by molar-refractivity contribution is -0.129. The topological polar surface area (TPSA) is 114 Å². The van der Waals surface area contributed by atoms with Crippen LogP contribution >= 0.6 is 11.6 Å². The molecular formula is C21H26ClN3O5S. The van der Waals surface area contributed by atoms with Crippen LogP contribution < -0.4 is 20.3 Å². The van der Waals surface area contributed by atoms with Gasteiger partial charge < -0.3 is 4.74 Å². The number of nitrogens with one attached hydrogen (secondary N) is 3. The van der Waals surface area contributed by atoms with Crippen molar-refractivity contribution in [3.8, 4) is 5.75 Å². The predicted molar refractivity (Wildman–Crippen MR) is 118 cm³/mol. The molecule has 0 bridgehead atoms. The molecule has 2 aromatic carbocycles. The van der Waals surface area contributed by atoms with Crippen molar-refractivity contribution in [2.45, 2.75) is 37.5 Å². The number of halogens is 1. The lowest BCUT2D eigenvalue weighted by Gasteiger charge is -2.10. The van der Waals surface area contributed by atoms with Gasteiger partial charge in [-0.3, -0.25) is 20.4 Å². The Hall–Kier alpha value is -2.62. The van der Waals surface area contributed by atoms with E-state index >= 15 is 0 Å². The summed E-state index contributed by atoms with van der Waals surface area (Å²) in [6, 6.07) is 11.6. The Kier molecular flexibility index (Phi) is 9.29. The number of amides is 2. The van der Waals surface area contributed by atoms with Crippen molar-refractivity contribution in [2.75, 3.05) is 13.7 Å². The van der Waals surface area contributed by atoms with E-state index in [0.29, 0.717) is 24.5 Å². The van der Waals surface area contributed by atoms with E-state index in [4.69, 9.17) is 16.3 Å². The van der Waals surface area contributed by atoms with Crippen LogP contribution in [0.15, 0.2) is 47.4 Å². The second-order valence-electron chi connectivity index (χ2n) is 6.81. The highest BCUT2D eigenvalue weighted by molar-refractivity contribution is 7.89. The Balaban J connectivity index is 1.64. The molecule has 8 nitrogen and oxygen atoms in total. The average Bonchev–Trinajstić information content (AvgIpc) is 2.75. The van der Waals surface area contributed by atoms with Gasteiger partial charge in [-0.1, -0.05) is 23.7 Å². The highest BCUT2D eigenvalue weighted by Crippen LogP contribution is 2.21. The molecule has 0 aliphatic heterocycles. The molecule has 0 spiro atoms. The fourth-order valence-electron chi connectivity index (χ4n) is 2.67. The van der Waals surface area contributed by atoms with Gasteiger partial charge in [0.05, 0.1) is 11.5 Å². The monoisotopic (exact) mass is 467 g/mol. The van der Waals surface area contributed by atoms with Gasteiger partial charge in [0.2, 0.25) is 21.8 Å². The first-order valence-electron chi connectivity index (χ1n) is 9.70. The third kappa shape index (κ3) is 8.20. The molecule has 0 unspecified atom stereocenters. The van der Waals surface area contributed by atoms with E-state index in [1.807, 2.05) is 6.92 Å². The second-order valence-corrected chi connectivity index (χ2v) is 9.13. The molecule has 2 amide bonds. The van der Waals surface area contributed by atoms with Crippen molar-refractivity contribution < 1.29 is 22.7 Å². The molecule has 0 fully saturated rings. The summed E-state index contributed by atoms with van der Waals surface area (Å²) >= 11 is 5.90. The Bertz CT molecular complexity index is 1010. The van der Waals surface area contributed by atoms with E-state index in [9.17, 15) is 18.0 Å². The van der Waals surface area contributed by atoms with Crippen molar-refractivity contribution in [1.82, 2.24) is 15.6 Å². The first-order valence-corrected chi connectivity index (χ1v) is 11.6. The lowest BCUT2D eigenvalue weighted by atomic mass is 10.1. The summed E-state index contributed by atoms with van der Waals surface area (Å²) in [4.78, 5) is 23.9. The van der Waals surface area contributed by atoms with E-state index in [0.717, 1.165) is 16.9 Å². The van der Waals surface area contributed by atoms with Gasteiger partial charge in [-0.25, -0.2) is 13.1 Å². The number of hydrogen-bond donors (Lipinski definition) is 3. The number of ether oxygens (including phenoxy) is 1. The van der Waals surface area contributed by atoms with Crippen molar-refractivity contribution in [3.63, 3.8) is 0 Å². The minimum Gasteiger partial charge on any atom is -0.493 e.